The SMILES string of the molecule is [Ir].[c-]1ccc(-c2cc3ccccc3o2)cc1-c1ccccn1.[c-]1ccccc1-c1ccccn1. The number of para-hydroxylation sites is 1. The Kier molecular flexibility index (Phi) is 7.77. The first-order valence-electron chi connectivity index (χ1n) is 10.7. The van der Waals surface area contributed by atoms with Gasteiger partial charge in [0.15, 0.2) is 0 Å². The van der Waals surface area contributed by atoms with E-state index in [0.717, 1.165) is 44.8 Å². The third-order valence-electron chi connectivity index (χ3n) is 5.10. The molecule has 0 unspecified atom stereocenters. The third-order valence-corrected chi connectivity index (χ3v) is 5.10. The Balaban J connectivity index is 0.000000180. The Morgan fingerprint density at radius 3 is 1.94 bits per heavy atom. The summed E-state index contributed by atoms with van der Waals surface area (Å²) < 4.78 is 5.91. The molecule has 1 radical (unpaired) electrons. The van der Waals surface area contributed by atoms with Crippen LogP contribution in [0.1, 0.15) is 0 Å². The second-order valence-corrected chi connectivity index (χ2v) is 7.35. The minimum Gasteiger partial charge on any atom is -0.458 e. The van der Waals surface area contributed by atoms with E-state index in [4.69, 9.17) is 4.42 Å². The van der Waals surface area contributed by atoms with Gasteiger partial charge in [0.1, 0.15) is 11.3 Å². The molecule has 3 heterocycles. The maximum Gasteiger partial charge on any atom is 0.134 e. The second kappa shape index (κ2) is 11.3. The molecule has 0 atom stereocenters. The first-order chi connectivity index (χ1) is 16.4. The van der Waals surface area contributed by atoms with Crippen LogP contribution in [0.5, 0.6) is 0 Å². The van der Waals surface area contributed by atoms with E-state index in [2.05, 4.69) is 40.3 Å². The molecule has 3 aromatic heterocycles. The van der Waals surface area contributed by atoms with Crippen LogP contribution in [0.2, 0.25) is 0 Å². The van der Waals surface area contributed by atoms with Gasteiger partial charge in [-0.1, -0.05) is 48.0 Å². The molecule has 167 valence electrons. The Bertz CT molecular complexity index is 1380. The summed E-state index contributed by atoms with van der Waals surface area (Å²) in [6.45, 7) is 0. The summed E-state index contributed by atoms with van der Waals surface area (Å²) in [6, 6.07) is 42.0. The predicted molar refractivity (Wildman–Crippen MR) is 132 cm³/mol. The molecule has 0 saturated heterocycles. The first-order valence-corrected chi connectivity index (χ1v) is 10.7. The van der Waals surface area contributed by atoms with Gasteiger partial charge in [0.2, 0.25) is 0 Å². The van der Waals surface area contributed by atoms with Crippen LogP contribution >= 0.6 is 0 Å². The van der Waals surface area contributed by atoms with Gasteiger partial charge in [0.05, 0.1) is 0 Å². The van der Waals surface area contributed by atoms with Crippen molar-refractivity contribution < 1.29 is 24.5 Å². The number of fused-ring (bicyclic) bond motifs is 1. The van der Waals surface area contributed by atoms with Crippen LogP contribution in [0.15, 0.2) is 126 Å². The summed E-state index contributed by atoms with van der Waals surface area (Å²) in [4.78, 5) is 8.58. The normalized spacial score (nSPS) is 10.1. The summed E-state index contributed by atoms with van der Waals surface area (Å²) in [5.74, 6) is 0.863. The summed E-state index contributed by atoms with van der Waals surface area (Å²) in [6.07, 6.45) is 3.58. The molecule has 0 saturated carbocycles. The first kappa shape index (κ1) is 23.3. The van der Waals surface area contributed by atoms with E-state index < -0.39 is 0 Å². The van der Waals surface area contributed by atoms with Gasteiger partial charge in [-0.25, -0.2) is 0 Å². The van der Waals surface area contributed by atoms with Crippen molar-refractivity contribution in [3.05, 3.63) is 134 Å². The fourth-order valence-electron chi connectivity index (χ4n) is 3.49. The van der Waals surface area contributed by atoms with Gasteiger partial charge < -0.3 is 14.4 Å². The van der Waals surface area contributed by atoms with Crippen molar-refractivity contribution in [3.63, 3.8) is 0 Å². The van der Waals surface area contributed by atoms with Gasteiger partial charge in [-0.2, -0.15) is 0 Å². The molecule has 3 aromatic carbocycles. The Hall–Kier alpha value is -3.85. The minimum absolute atomic E-state index is 0. The number of nitrogens with zero attached hydrogens (tertiary/aromatic N) is 2. The zero-order valence-corrected chi connectivity index (χ0v) is 20.6. The fourth-order valence-corrected chi connectivity index (χ4v) is 3.49. The van der Waals surface area contributed by atoms with Crippen LogP contribution < -0.4 is 0 Å². The number of aromatic nitrogens is 2. The predicted octanol–water partition coefficient (Wildman–Crippen LogP) is 7.51. The van der Waals surface area contributed by atoms with Crippen molar-refractivity contribution in [3.8, 4) is 33.8 Å². The van der Waals surface area contributed by atoms with Gasteiger partial charge in [0, 0.05) is 37.9 Å². The van der Waals surface area contributed by atoms with Crippen molar-refractivity contribution in [2.45, 2.75) is 0 Å². The monoisotopic (exact) mass is 617 g/mol. The molecule has 4 heteroatoms. The molecule has 0 fully saturated rings. The van der Waals surface area contributed by atoms with Crippen molar-refractivity contribution in [2.75, 3.05) is 0 Å². The number of furan rings is 1. The van der Waals surface area contributed by atoms with Gasteiger partial charge in [-0.3, -0.25) is 0 Å². The molecule has 0 bridgehead atoms. The molecular formula is C30H20IrN2O-2. The number of pyridine rings is 2. The van der Waals surface area contributed by atoms with E-state index >= 15 is 0 Å². The summed E-state index contributed by atoms with van der Waals surface area (Å²) in [7, 11) is 0. The third kappa shape index (κ3) is 5.55. The fraction of sp³-hybridized carbons (Fsp3) is 0. The molecule has 0 spiro atoms. The number of hydrogen-bond donors (Lipinski definition) is 0. The van der Waals surface area contributed by atoms with E-state index in [9.17, 15) is 0 Å². The minimum atomic E-state index is 0. The van der Waals surface area contributed by atoms with Gasteiger partial charge in [0.25, 0.3) is 0 Å². The summed E-state index contributed by atoms with van der Waals surface area (Å²) in [5, 5.41) is 1.11. The number of hydrogen-bond acceptors (Lipinski definition) is 3. The number of rotatable bonds is 3. The van der Waals surface area contributed by atoms with E-state index in [1.54, 1.807) is 12.4 Å². The van der Waals surface area contributed by atoms with Crippen molar-refractivity contribution in [2.24, 2.45) is 0 Å². The molecular weight excluding hydrogens is 597 g/mol. The quantitative estimate of drug-likeness (QED) is 0.193. The van der Waals surface area contributed by atoms with Crippen LogP contribution in [0.4, 0.5) is 0 Å². The van der Waals surface area contributed by atoms with Gasteiger partial charge in [-0.15, -0.1) is 65.7 Å². The molecule has 34 heavy (non-hydrogen) atoms. The second-order valence-electron chi connectivity index (χ2n) is 7.35. The standard InChI is InChI=1S/C19H12NO.C11H8N.Ir/c1-2-10-18-16(6-1)13-19(21-18)15-8-5-7-14(12-15)17-9-3-4-11-20-17;1-2-6-10(7-3-1)11-8-4-5-9-12-11;/h1-6,8-13H;1-6,8-9H;/q2*-1;. The molecule has 6 rings (SSSR count). The van der Waals surface area contributed by atoms with E-state index in [-0.39, 0.29) is 20.1 Å². The van der Waals surface area contributed by atoms with E-state index in [0.29, 0.717) is 0 Å². The molecule has 6 aromatic rings. The van der Waals surface area contributed by atoms with Crippen LogP contribution in [-0.4, -0.2) is 9.97 Å². The Morgan fingerprint density at radius 2 is 1.26 bits per heavy atom. The molecule has 0 aliphatic rings. The molecule has 0 N–H and O–H groups in total. The average molecular weight is 617 g/mol. The van der Waals surface area contributed by atoms with Crippen molar-refractivity contribution >= 4 is 11.0 Å². The van der Waals surface area contributed by atoms with Gasteiger partial charge in [-0.05, 0) is 35.7 Å². The summed E-state index contributed by atoms with van der Waals surface area (Å²) >= 11 is 0. The number of benzene rings is 3. The molecule has 3 nitrogen and oxygen atoms in total. The largest absolute Gasteiger partial charge is 0.458 e. The van der Waals surface area contributed by atoms with Crippen molar-refractivity contribution in [1.82, 2.24) is 9.97 Å². The Labute approximate surface area is 212 Å². The van der Waals surface area contributed by atoms with Crippen molar-refractivity contribution in [1.29, 1.82) is 0 Å². The average Bonchev–Trinajstić information content (AvgIpc) is 3.35. The zero-order chi connectivity index (χ0) is 22.3. The van der Waals surface area contributed by atoms with E-state index in [1.807, 2.05) is 91.0 Å². The smallest absolute Gasteiger partial charge is 0.134 e. The molecule has 0 amide bonds. The van der Waals surface area contributed by atoms with Crippen LogP contribution in [0, 0.1) is 12.1 Å². The summed E-state index contributed by atoms with van der Waals surface area (Å²) in [5.41, 5.74) is 5.82. The van der Waals surface area contributed by atoms with E-state index in [1.165, 1.54) is 0 Å². The van der Waals surface area contributed by atoms with Gasteiger partial charge >= 0.3 is 0 Å². The van der Waals surface area contributed by atoms with Crippen LogP contribution in [0.25, 0.3) is 44.8 Å². The topological polar surface area (TPSA) is 38.9 Å². The Morgan fingerprint density at radius 1 is 0.588 bits per heavy atom. The molecule has 0 aliphatic carbocycles. The molecule has 0 aliphatic heterocycles. The van der Waals surface area contributed by atoms with Crippen LogP contribution in [-0.2, 0) is 20.1 Å². The maximum absolute atomic E-state index is 5.91. The van der Waals surface area contributed by atoms with Crippen LogP contribution in [0.3, 0.4) is 0 Å². The zero-order valence-electron chi connectivity index (χ0n) is 18.2. The maximum atomic E-state index is 5.91.